The minimum absolute atomic E-state index is 0.0622. The molecule has 1 rings (SSSR count). The van der Waals surface area contributed by atoms with E-state index in [4.69, 9.17) is 43.5 Å². The minimum atomic E-state index is -1.69. The number of aliphatic hydroxyl groups is 5. The third kappa shape index (κ3) is 15.7. The van der Waals surface area contributed by atoms with Gasteiger partial charge in [0.05, 0.1) is 30.3 Å². The van der Waals surface area contributed by atoms with Gasteiger partial charge in [0.2, 0.25) is 0 Å². The predicted molar refractivity (Wildman–Crippen MR) is 177 cm³/mol. The van der Waals surface area contributed by atoms with E-state index in [2.05, 4.69) is 0 Å². The molecule has 0 aromatic heterocycles. The Bertz CT molecular complexity index is 1200. The zero-order chi connectivity index (χ0) is 35.7. The lowest BCUT2D eigenvalue weighted by Gasteiger charge is -2.30. The van der Waals surface area contributed by atoms with Crippen LogP contribution >= 0.6 is 23.2 Å². The highest BCUT2D eigenvalue weighted by Crippen LogP contribution is 2.28. The van der Waals surface area contributed by atoms with E-state index in [9.17, 15) is 39.9 Å². The quantitative estimate of drug-likeness (QED) is 0.0361. The number of alkyl halides is 1. The molecule has 1 amide bonds. The molecule has 0 heterocycles. The number of amides is 1. The van der Waals surface area contributed by atoms with Crippen molar-refractivity contribution in [3.8, 4) is 0 Å². The Morgan fingerprint density at radius 3 is 2.23 bits per heavy atom. The molecule has 7 unspecified atom stereocenters. The van der Waals surface area contributed by atoms with Gasteiger partial charge >= 0.3 is 18.0 Å². The number of aliphatic carboxylic acids is 1. The van der Waals surface area contributed by atoms with E-state index in [-0.39, 0.29) is 17.9 Å². The van der Waals surface area contributed by atoms with Crippen molar-refractivity contribution in [3.05, 3.63) is 71.4 Å². The first kappa shape index (κ1) is 42.1. The molecule has 0 aliphatic heterocycles. The third-order valence-electron chi connectivity index (χ3n) is 7.47. The number of allylic oxidation sites excluding steroid dienone is 9. The highest BCUT2D eigenvalue weighted by Gasteiger charge is 2.36. The number of hydrogen-bond acceptors (Lipinski definition) is 10. The van der Waals surface area contributed by atoms with E-state index >= 15 is 0 Å². The summed E-state index contributed by atoms with van der Waals surface area (Å²) in [6.07, 6.45) is 6.21. The maximum atomic E-state index is 12.1. The first-order valence-corrected chi connectivity index (χ1v) is 16.1. The Kier molecular flexibility index (Phi) is 19.5. The van der Waals surface area contributed by atoms with Crippen molar-refractivity contribution >= 4 is 41.2 Å². The van der Waals surface area contributed by atoms with Crippen LogP contribution in [0.25, 0.3) is 0 Å². The Morgan fingerprint density at radius 2 is 1.62 bits per heavy atom. The van der Waals surface area contributed by atoms with Crippen LogP contribution in [0.4, 0.5) is 4.79 Å². The minimum Gasteiger partial charge on any atom is -0.481 e. The molecule has 0 spiro atoms. The van der Waals surface area contributed by atoms with Crippen LogP contribution in [0.1, 0.15) is 52.9 Å². The second-order valence-corrected chi connectivity index (χ2v) is 12.2. The summed E-state index contributed by atoms with van der Waals surface area (Å²) in [4.78, 5) is 34.4. The molecule has 8 N–H and O–H groups in total. The molecule has 10 atom stereocenters. The van der Waals surface area contributed by atoms with E-state index in [0.717, 1.165) is 5.57 Å². The molecule has 0 aromatic carbocycles. The molecule has 1 aliphatic rings. The molecule has 264 valence electrons. The van der Waals surface area contributed by atoms with Crippen LogP contribution in [0.2, 0.25) is 0 Å². The van der Waals surface area contributed by atoms with Gasteiger partial charge < -0.3 is 45.8 Å². The number of rotatable bonds is 18. The number of esters is 1. The predicted octanol–water partition coefficient (Wildman–Crippen LogP) is 3.39. The van der Waals surface area contributed by atoms with Gasteiger partial charge in [-0.05, 0) is 38.3 Å². The maximum Gasteiger partial charge on any atom is 0.405 e. The molecule has 12 nitrogen and oxygen atoms in total. The summed E-state index contributed by atoms with van der Waals surface area (Å²) in [5.74, 6) is -3.13. The van der Waals surface area contributed by atoms with Gasteiger partial charge in [0.25, 0.3) is 0 Å². The number of carboxylic acid groups (broad SMARTS) is 1. The Balaban J connectivity index is 2.65. The van der Waals surface area contributed by atoms with Crippen LogP contribution in [0.15, 0.2) is 71.4 Å². The Labute approximate surface area is 285 Å². The fourth-order valence-electron chi connectivity index (χ4n) is 4.59. The van der Waals surface area contributed by atoms with Crippen molar-refractivity contribution < 1.29 is 54.5 Å². The number of hydrogen-bond donors (Lipinski definition) is 7. The van der Waals surface area contributed by atoms with Crippen LogP contribution in [0, 0.1) is 11.8 Å². The first-order chi connectivity index (χ1) is 22.1. The van der Waals surface area contributed by atoms with Crippen molar-refractivity contribution in [1.82, 2.24) is 0 Å². The molecular formula is C33H47Cl2NO11. The monoisotopic (exact) mass is 703 g/mol. The van der Waals surface area contributed by atoms with Crippen LogP contribution < -0.4 is 5.73 Å². The standard InChI is InChI=1S/C33H47Cl2NO11/c1-4-5-13-26(47-33(36)45)29(35)24(38)18-25(39)31(42)30(41)20(3)22(34)12-8-6-10-19(2)11-7-9-14-28(40)46-27-17-21(32(43)44)15-16-23(27)37/h5-14,20-21,23-27,29-31,37-39,41-42H,4,15-18H2,1-3H3,(H2,36,45)(H,43,44)/b8-6+,11-7+,13-5+,14-9+,19-10+,22-12+/t20?,21-,23-,24?,25?,26?,27+,29?,30?,31?/m0/s1. The number of carbonyl (C=O) groups is 3. The topological polar surface area (TPSA) is 217 Å². The lowest BCUT2D eigenvalue weighted by molar-refractivity contribution is -0.159. The Hall–Kier alpha value is -2.97. The smallest absolute Gasteiger partial charge is 0.405 e. The number of ether oxygens (including phenoxy) is 2. The molecule has 1 saturated carbocycles. The second-order valence-electron chi connectivity index (χ2n) is 11.3. The number of carboxylic acids is 1. The fourth-order valence-corrected chi connectivity index (χ4v) is 5.03. The van der Waals surface area contributed by atoms with Crippen LogP contribution in [0.5, 0.6) is 0 Å². The average Bonchev–Trinajstić information content (AvgIpc) is 3.02. The fraction of sp³-hybridized carbons (Fsp3) is 0.545. The summed E-state index contributed by atoms with van der Waals surface area (Å²) in [7, 11) is 0. The summed E-state index contributed by atoms with van der Waals surface area (Å²) in [5.41, 5.74) is 5.86. The van der Waals surface area contributed by atoms with Gasteiger partial charge in [0, 0.05) is 29.9 Å². The van der Waals surface area contributed by atoms with Crippen LogP contribution in [-0.2, 0) is 19.1 Å². The molecule has 14 heteroatoms. The summed E-state index contributed by atoms with van der Waals surface area (Å²) in [5, 5.41) is 60.2. The molecule has 1 fully saturated rings. The van der Waals surface area contributed by atoms with E-state index in [1.807, 2.05) is 6.92 Å². The van der Waals surface area contributed by atoms with Crippen LogP contribution in [-0.4, -0.2) is 96.8 Å². The number of primary amides is 1. The number of nitrogens with two attached hydrogens (primary N) is 1. The molecule has 0 radical (unpaired) electrons. The van der Waals surface area contributed by atoms with Gasteiger partial charge in [0.1, 0.15) is 23.7 Å². The van der Waals surface area contributed by atoms with E-state index in [0.29, 0.717) is 12.8 Å². The second kappa shape index (κ2) is 21.8. The van der Waals surface area contributed by atoms with Crippen molar-refractivity contribution in [2.24, 2.45) is 17.6 Å². The van der Waals surface area contributed by atoms with E-state index < -0.39 is 84.4 Å². The third-order valence-corrected chi connectivity index (χ3v) is 8.48. The number of aliphatic hydroxyl groups excluding tert-OH is 5. The normalized spacial score (nSPS) is 24.3. The van der Waals surface area contributed by atoms with E-state index in [1.54, 1.807) is 50.3 Å². The van der Waals surface area contributed by atoms with Gasteiger partial charge in [0.15, 0.2) is 0 Å². The molecule has 0 aromatic rings. The van der Waals surface area contributed by atoms with Gasteiger partial charge in [-0.2, -0.15) is 0 Å². The molecular weight excluding hydrogens is 657 g/mol. The van der Waals surface area contributed by atoms with E-state index in [1.165, 1.54) is 24.3 Å². The highest BCUT2D eigenvalue weighted by molar-refractivity contribution is 6.30. The van der Waals surface area contributed by atoms with Crippen molar-refractivity contribution in [2.75, 3.05) is 0 Å². The maximum absolute atomic E-state index is 12.1. The van der Waals surface area contributed by atoms with Crippen molar-refractivity contribution in [2.45, 2.75) is 101 Å². The SMILES string of the molecule is CC/C=C/C(OC(N)=O)C(Cl)C(O)CC(O)C(O)C(O)C(C)\C(Cl)=C/C=C/C=C(C)/C=C/C=C/C(=O)O[C@@H]1C[C@@H](C(=O)O)CC[C@@H]1O. The lowest BCUT2D eigenvalue weighted by Crippen LogP contribution is -2.45. The zero-order valence-corrected chi connectivity index (χ0v) is 28.2. The van der Waals surface area contributed by atoms with Gasteiger partial charge in [-0.25, -0.2) is 9.59 Å². The molecule has 0 bridgehead atoms. The Morgan fingerprint density at radius 1 is 0.979 bits per heavy atom. The largest absolute Gasteiger partial charge is 0.481 e. The van der Waals surface area contributed by atoms with Gasteiger partial charge in [-0.1, -0.05) is 73.6 Å². The summed E-state index contributed by atoms with van der Waals surface area (Å²) in [6.45, 7) is 5.18. The van der Waals surface area contributed by atoms with Crippen LogP contribution in [0.3, 0.4) is 0 Å². The average molecular weight is 705 g/mol. The molecule has 0 saturated heterocycles. The summed E-state index contributed by atoms with van der Waals surface area (Å²) < 4.78 is 10.1. The molecule has 1 aliphatic carbocycles. The number of halogens is 2. The summed E-state index contributed by atoms with van der Waals surface area (Å²) in [6, 6.07) is 0. The highest BCUT2D eigenvalue weighted by atomic mass is 35.5. The van der Waals surface area contributed by atoms with Gasteiger partial charge in [-0.3, -0.25) is 4.79 Å². The molecule has 47 heavy (non-hydrogen) atoms. The van der Waals surface area contributed by atoms with Crippen molar-refractivity contribution in [3.63, 3.8) is 0 Å². The van der Waals surface area contributed by atoms with Gasteiger partial charge in [-0.15, -0.1) is 11.6 Å². The summed E-state index contributed by atoms with van der Waals surface area (Å²) >= 11 is 12.5. The lowest BCUT2D eigenvalue weighted by atomic mass is 9.85. The van der Waals surface area contributed by atoms with Crippen molar-refractivity contribution in [1.29, 1.82) is 0 Å². The zero-order valence-electron chi connectivity index (χ0n) is 26.6. The number of carbonyl (C=O) groups excluding carboxylic acids is 2. The first-order valence-electron chi connectivity index (χ1n) is 15.2.